The van der Waals surface area contributed by atoms with Crippen molar-refractivity contribution in [1.29, 1.82) is 0 Å². The van der Waals surface area contributed by atoms with Crippen LogP contribution in [0.1, 0.15) is 12.5 Å². The van der Waals surface area contributed by atoms with Crippen LogP contribution in [0.25, 0.3) is 0 Å². The van der Waals surface area contributed by atoms with Crippen molar-refractivity contribution in [3.8, 4) is 0 Å². The summed E-state index contributed by atoms with van der Waals surface area (Å²) >= 11 is 5.73. The molecule has 0 radical (unpaired) electrons. The van der Waals surface area contributed by atoms with Gasteiger partial charge in [-0.05, 0) is 12.1 Å². The predicted molar refractivity (Wildman–Crippen MR) is 67.1 cm³/mol. The molecule has 1 amide bonds. The maximum atomic E-state index is 11.0. The van der Waals surface area contributed by atoms with Crippen LogP contribution in [0.3, 0.4) is 0 Å². The first kappa shape index (κ1) is 14.9. The number of nitro groups is 1. The highest BCUT2D eigenvalue weighted by atomic mass is 35.5. The van der Waals surface area contributed by atoms with Crippen LogP contribution in [0.5, 0.6) is 0 Å². The van der Waals surface area contributed by atoms with Gasteiger partial charge < -0.3 is 10.4 Å². The fourth-order valence-corrected chi connectivity index (χ4v) is 1.76. The fraction of sp³-hybridized carbons (Fsp3) is 0.273. The van der Waals surface area contributed by atoms with E-state index in [0.29, 0.717) is 0 Å². The van der Waals surface area contributed by atoms with E-state index in [1.54, 1.807) is 0 Å². The minimum absolute atomic E-state index is 0.152. The Labute approximate surface area is 113 Å². The third-order valence-electron chi connectivity index (χ3n) is 2.34. The van der Waals surface area contributed by atoms with Gasteiger partial charge in [0.05, 0.1) is 4.92 Å². The number of carboxylic acids is 1. The second-order valence-corrected chi connectivity index (χ2v) is 4.26. The fourth-order valence-electron chi connectivity index (χ4n) is 1.56. The molecule has 7 nitrogen and oxygen atoms in total. The molecule has 0 aliphatic carbocycles. The van der Waals surface area contributed by atoms with Crippen molar-refractivity contribution in [2.45, 2.75) is 19.4 Å². The zero-order chi connectivity index (χ0) is 14.6. The Kier molecular flexibility index (Phi) is 4.82. The van der Waals surface area contributed by atoms with E-state index in [9.17, 15) is 19.7 Å². The van der Waals surface area contributed by atoms with Crippen molar-refractivity contribution < 1.29 is 19.6 Å². The SMILES string of the molecule is CC(=O)NC(Cc1cc(Cl)ccc1[N+](=O)[O-])C(=O)O. The molecule has 0 heterocycles. The first-order chi connectivity index (χ1) is 8.81. The number of halogens is 1. The Morgan fingerprint density at radius 2 is 2.16 bits per heavy atom. The normalized spacial score (nSPS) is 11.7. The first-order valence-electron chi connectivity index (χ1n) is 5.24. The van der Waals surface area contributed by atoms with Crippen LogP contribution in [0.15, 0.2) is 18.2 Å². The second-order valence-electron chi connectivity index (χ2n) is 3.83. The lowest BCUT2D eigenvalue weighted by Crippen LogP contribution is -2.41. The molecule has 0 fully saturated rings. The first-order valence-corrected chi connectivity index (χ1v) is 5.61. The van der Waals surface area contributed by atoms with Gasteiger partial charge in [-0.25, -0.2) is 4.79 Å². The average molecular weight is 287 g/mol. The lowest BCUT2D eigenvalue weighted by Gasteiger charge is -2.13. The van der Waals surface area contributed by atoms with Gasteiger partial charge in [0.15, 0.2) is 0 Å². The van der Waals surface area contributed by atoms with Gasteiger partial charge in [0.2, 0.25) is 5.91 Å². The number of nitrogens with one attached hydrogen (secondary N) is 1. The Morgan fingerprint density at radius 3 is 2.63 bits per heavy atom. The van der Waals surface area contributed by atoms with Gasteiger partial charge in [0, 0.05) is 30.0 Å². The third kappa shape index (κ3) is 4.22. The molecule has 1 aromatic rings. The van der Waals surface area contributed by atoms with Crippen LogP contribution < -0.4 is 5.32 Å². The number of benzene rings is 1. The molecular formula is C11H11ClN2O5. The number of hydrogen-bond acceptors (Lipinski definition) is 4. The Morgan fingerprint density at radius 1 is 1.53 bits per heavy atom. The molecule has 8 heteroatoms. The Hall–Kier alpha value is -2.15. The van der Waals surface area contributed by atoms with Gasteiger partial charge in [0.1, 0.15) is 6.04 Å². The minimum Gasteiger partial charge on any atom is -0.480 e. The standard InChI is InChI=1S/C11H11ClN2O5/c1-6(15)13-9(11(16)17)5-7-4-8(12)2-3-10(7)14(18)19/h2-4,9H,5H2,1H3,(H,13,15)(H,16,17). The highest BCUT2D eigenvalue weighted by Crippen LogP contribution is 2.24. The van der Waals surface area contributed by atoms with Gasteiger partial charge >= 0.3 is 5.97 Å². The summed E-state index contributed by atoms with van der Waals surface area (Å²) in [4.78, 5) is 32.1. The summed E-state index contributed by atoms with van der Waals surface area (Å²) in [6.07, 6.45) is -0.216. The number of rotatable bonds is 5. The van der Waals surface area contributed by atoms with E-state index in [0.717, 1.165) is 0 Å². The van der Waals surface area contributed by atoms with E-state index >= 15 is 0 Å². The summed E-state index contributed by atoms with van der Waals surface area (Å²) in [5, 5.41) is 22.3. The molecule has 0 saturated heterocycles. The van der Waals surface area contributed by atoms with Crippen molar-refractivity contribution in [3.63, 3.8) is 0 Å². The largest absolute Gasteiger partial charge is 0.480 e. The molecule has 102 valence electrons. The zero-order valence-corrected chi connectivity index (χ0v) is 10.7. The topological polar surface area (TPSA) is 110 Å². The molecule has 1 unspecified atom stereocenters. The molecule has 0 aromatic heterocycles. The number of amides is 1. The number of hydrogen-bond donors (Lipinski definition) is 2. The summed E-state index contributed by atoms with van der Waals surface area (Å²) in [7, 11) is 0. The third-order valence-corrected chi connectivity index (χ3v) is 2.57. The van der Waals surface area contributed by atoms with Gasteiger partial charge in [-0.15, -0.1) is 0 Å². The Balaban J connectivity index is 3.07. The van der Waals surface area contributed by atoms with Crippen LogP contribution in [-0.4, -0.2) is 27.9 Å². The average Bonchev–Trinajstić information content (AvgIpc) is 2.26. The van der Waals surface area contributed by atoms with Gasteiger partial charge in [-0.1, -0.05) is 11.6 Å². The number of nitro benzene ring substituents is 1. The second kappa shape index (κ2) is 6.14. The number of nitrogens with zero attached hydrogens (tertiary/aromatic N) is 1. The highest BCUT2D eigenvalue weighted by molar-refractivity contribution is 6.30. The lowest BCUT2D eigenvalue weighted by molar-refractivity contribution is -0.385. The Bertz CT molecular complexity index is 532. The lowest BCUT2D eigenvalue weighted by atomic mass is 10.0. The maximum absolute atomic E-state index is 11.0. The van der Waals surface area contributed by atoms with Crippen molar-refractivity contribution >= 4 is 29.2 Å². The van der Waals surface area contributed by atoms with Crippen molar-refractivity contribution in [3.05, 3.63) is 38.9 Å². The van der Waals surface area contributed by atoms with E-state index in [1.807, 2.05) is 0 Å². The molecule has 19 heavy (non-hydrogen) atoms. The summed E-state index contributed by atoms with van der Waals surface area (Å²) in [6.45, 7) is 1.17. The van der Waals surface area contributed by atoms with Gasteiger partial charge in [-0.3, -0.25) is 14.9 Å². The molecule has 0 bridgehead atoms. The van der Waals surface area contributed by atoms with E-state index in [2.05, 4.69) is 5.32 Å². The van der Waals surface area contributed by atoms with E-state index in [1.165, 1.54) is 25.1 Å². The maximum Gasteiger partial charge on any atom is 0.326 e. The molecule has 1 atom stereocenters. The van der Waals surface area contributed by atoms with Crippen molar-refractivity contribution in [1.82, 2.24) is 5.32 Å². The van der Waals surface area contributed by atoms with Crippen LogP contribution in [0.2, 0.25) is 5.02 Å². The van der Waals surface area contributed by atoms with Crippen molar-refractivity contribution in [2.24, 2.45) is 0 Å². The molecule has 0 aliphatic heterocycles. The molecule has 1 rings (SSSR count). The summed E-state index contributed by atoms with van der Waals surface area (Å²) < 4.78 is 0. The van der Waals surface area contributed by atoms with E-state index < -0.39 is 22.8 Å². The smallest absolute Gasteiger partial charge is 0.326 e. The van der Waals surface area contributed by atoms with Crippen LogP contribution in [0, 0.1) is 10.1 Å². The van der Waals surface area contributed by atoms with Crippen LogP contribution >= 0.6 is 11.6 Å². The number of carboxylic acid groups (broad SMARTS) is 1. The molecule has 0 aliphatic rings. The number of aliphatic carboxylic acids is 1. The van der Waals surface area contributed by atoms with Crippen molar-refractivity contribution in [2.75, 3.05) is 0 Å². The van der Waals surface area contributed by atoms with Gasteiger partial charge in [-0.2, -0.15) is 0 Å². The quantitative estimate of drug-likeness (QED) is 0.627. The summed E-state index contributed by atoms with van der Waals surface area (Å²) in [5.41, 5.74) is -0.0837. The minimum atomic E-state index is -1.27. The molecular weight excluding hydrogens is 276 g/mol. The number of carbonyl (C=O) groups is 2. The van der Waals surface area contributed by atoms with E-state index in [4.69, 9.17) is 16.7 Å². The van der Waals surface area contributed by atoms with E-state index in [-0.39, 0.29) is 22.7 Å². The molecule has 0 saturated carbocycles. The van der Waals surface area contributed by atoms with Crippen LogP contribution in [-0.2, 0) is 16.0 Å². The number of carbonyl (C=O) groups excluding carboxylic acids is 1. The molecule has 1 aromatic carbocycles. The zero-order valence-electron chi connectivity index (χ0n) is 9.92. The monoisotopic (exact) mass is 286 g/mol. The van der Waals surface area contributed by atoms with Crippen LogP contribution in [0.4, 0.5) is 5.69 Å². The predicted octanol–water partition coefficient (Wildman–Crippen LogP) is 1.38. The molecule has 2 N–H and O–H groups in total. The summed E-state index contributed by atoms with van der Waals surface area (Å²) in [6, 6.07) is 2.62. The highest BCUT2D eigenvalue weighted by Gasteiger charge is 2.23. The van der Waals surface area contributed by atoms with Gasteiger partial charge in [0.25, 0.3) is 5.69 Å². The summed E-state index contributed by atoms with van der Waals surface area (Å²) in [5.74, 6) is -1.80. The molecule has 0 spiro atoms.